The summed E-state index contributed by atoms with van der Waals surface area (Å²) in [5.74, 6) is -0.767. The number of carboxylic acids is 1. The van der Waals surface area contributed by atoms with E-state index in [0.29, 0.717) is 0 Å². The molecule has 0 bridgehead atoms. The average molecular weight is 206 g/mol. The van der Waals surface area contributed by atoms with Crippen molar-refractivity contribution in [3.63, 3.8) is 0 Å². The molecule has 0 fully saturated rings. The Morgan fingerprint density at radius 3 is 1.93 bits per heavy atom. The molecule has 0 aromatic heterocycles. The van der Waals surface area contributed by atoms with Gasteiger partial charge in [0.1, 0.15) is 0 Å². The van der Waals surface area contributed by atoms with E-state index in [1.165, 1.54) is 0 Å². The SMILES string of the molecule is CC(C)(C(=O)O)C(C)(C)c1ccccc1. The van der Waals surface area contributed by atoms with Gasteiger partial charge >= 0.3 is 5.97 Å². The van der Waals surface area contributed by atoms with Crippen molar-refractivity contribution in [2.75, 3.05) is 0 Å². The fraction of sp³-hybridized carbons (Fsp3) is 0.462. The standard InChI is InChI=1S/C13H18O2/c1-12(2,13(3,4)11(14)15)10-8-6-5-7-9-10/h5-9H,1-4H3,(H,14,15). The van der Waals surface area contributed by atoms with Crippen molar-refractivity contribution in [1.82, 2.24) is 0 Å². The maximum absolute atomic E-state index is 11.2. The minimum Gasteiger partial charge on any atom is -0.481 e. The number of benzene rings is 1. The van der Waals surface area contributed by atoms with E-state index in [1.54, 1.807) is 13.8 Å². The van der Waals surface area contributed by atoms with Crippen LogP contribution in [0.25, 0.3) is 0 Å². The molecule has 82 valence electrons. The third-order valence-corrected chi connectivity index (χ3v) is 3.59. The Kier molecular flexibility index (Phi) is 2.89. The number of carboxylic acid groups (broad SMARTS) is 1. The topological polar surface area (TPSA) is 37.3 Å². The molecule has 15 heavy (non-hydrogen) atoms. The summed E-state index contributed by atoms with van der Waals surface area (Å²) in [5.41, 5.74) is -0.119. The predicted octanol–water partition coefficient (Wildman–Crippen LogP) is 3.08. The molecule has 1 aromatic rings. The first kappa shape index (κ1) is 11.8. The van der Waals surface area contributed by atoms with Gasteiger partial charge in [-0.3, -0.25) is 4.79 Å². The van der Waals surface area contributed by atoms with Gasteiger partial charge in [-0.2, -0.15) is 0 Å². The van der Waals surface area contributed by atoms with Crippen molar-refractivity contribution in [3.05, 3.63) is 35.9 Å². The van der Waals surface area contributed by atoms with Crippen molar-refractivity contribution in [2.45, 2.75) is 33.1 Å². The number of hydrogen-bond donors (Lipinski definition) is 1. The zero-order chi connectivity index (χ0) is 11.7. The second kappa shape index (κ2) is 3.69. The van der Waals surface area contributed by atoms with E-state index in [0.717, 1.165) is 5.56 Å². The van der Waals surface area contributed by atoms with Gasteiger partial charge in [0, 0.05) is 5.41 Å². The molecule has 0 heterocycles. The molecule has 1 aromatic carbocycles. The van der Waals surface area contributed by atoms with Gasteiger partial charge in [0.05, 0.1) is 5.41 Å². The molecule has 0 aliphatic carbocycles. The van der Waals surface area contributed by atoms with Crippen LogP contribution in [0.1, 0.15) is 33.3 Å². The normalized spacial score (nSPS) is 12.5. The molecule has 0 unspecified atom stereocenters. The maximum Gasteiger partial charge on any atom is 0.309 e. The zero-order valence-electron chi connectivity index (χ0n) is 9.74. The van der Waals surface area contributed by atoms with Gasteiger partial charge in [0.25, 0.3) is 0 Å². The number of hydrogen-bond acceptors (Lipinski definition) is 1. The van der Waals surface area contributed by atoms with E-state index in [-0.39, 0.29) is 5.41 Å². The molecule has 0 spiro atoms. The Bertz CT molecular complexity index is 350. The molecule has 0 saturated carbocycles. The third-order valence-electron chi connectivity index (χ3n) is 3.59. The first-order valence-electron chi connectivity index (χ1n) is 5.09. The van der Waals surface area contributed by atoms with Gasteiger partial charge in [-0.15, -0.1) is 0 Å². The van der Waals surface area contributed by atoms with Crippen LogP contribution < -0.4 is 0 Å². The third kappa shape index (κ3) is 1.89. The highest BCUT2D eigenvalue weighted by Crippen LogP contribution is 2.41. The van der Waals surface area contributed by atoms with Crippen LogP contribution in [-0.4, -0.2) is 11.1 Å². The number of aliphatic carboxylic acids is 1. The molecule has 0 aliphatic heterocycles. The smallest absolute Gasteiger partial charge is 0.309 e. The summed E-state index contributed by atoms with van der Waals surface area (Å²) in [7, 11) is 0. The Morgan fingerprint density at radius 2 is 1.53 bits per heavy atom. The van der Waals surface area contributed by atoms with Crippen molar-refractivity contribution in [2.24, 2.45) is 5.41 Å². The fourth-order valence-corrected chi connectivity index (χ4v) is 1.48. The first-order chi connectivity index (χ1) is 6.80. The summed E-state index contributed by atoms with van der Waals surface area (Å²) in [6.45, 7) is 7.47. The lowest BCUT2D eigenvalue weighted by atomic mass is 9.64. The Hall–Kier alpha value is -1.31. The van der Waals surface area contributed by atoms with E-state index in [4.69, 9.17) is 0 Å². The van der Waals surface area contributed by atoms with Crippen molar-refractivity contribution >= 4 is 5.97 Å². The Balaban J connectivity index is 3.19. The highest BCUT2D eigenvalue weighted by atomic mass is 16.4. The van der Waals surface area contributed by atoms with Gasteiger partial charge in [0.2, 0.25) is 0 Å². The molecule has 0 radical (unpaired) electrons. The molecular formula is C13H18O2. The quantitative estimate of drug-likeness (QED) is 0.825. The van der Waals surface area contributed by atoms with E-state index in [9.17, 15) is 9.90 Å². The van der Waals surface area contributed by atoms with Gasteiger partial charge < -0.3 is 5.11 Å². The highest BCUT2D eigenvalue weighted by Gasteiger charge is 2.44. The molecule has 0 aliphatic rings. The molecule has 1 N–H and O–H groups in total. The average Bonchev–Trinajstić information content (AvgIpc) is 2.18. The Morgan fingerprint density at radius 1 is 1.07 bits per heavy atom. The van der Waals surface area contributed by atoms with Crippen LogP contribution in [0.3, 0.4) is 0 Å². The zero-order valence-corrected chi connectivity index (χ0v) is 9.74. The molecule has 0 saturated heterocycles. The van der Waals surface area contributed by atoms with Gasteiger partial charge in [-0.05, 0) is 19.4 Å². The van der Waals surface area contributed by atoms with Crippen LogP contribution in [0.2, 0.25) is 0 Å². The Labute approximate surface area is 90.9 Å². The summed E-state index contributed by atoms with van der Waals surface area (Å²) in [6, 6.07) is 9.77. The minimum atomic E-state index is -0.783. The van der Waals surface area contributed by atoms with E-state index in [1.807, 2.05) is 44.2 Å². The molecule has 2 nitrogen and oxygen atoms in total. The van der Waals surface area contributed by atoms with Crippen LogP contribution >= 0.6 is 0 Å². The second-order valence-electron chi connectivity index (χ2n) is 4.92. The molecule has 2 heteroatoms. The lowest BCUT2D eigenvalue weighted by Crippen LogP contribution is -2.42. The van der Waals surface area contributed by atoms with Gasteiger partial charge in [0.15, 0.2) is 0 Å². The summed E-state index contributed by atoms with van der Waals surface area (Å²) in [5, 5.41) is 9.24. The first-order valence-corrected chi connectivity index (χ1v) is 5.09. The van der Waals surface area contributed by atoms with Crippen LogP contribution in [-0.2, 0) is 10.2 Å². The lowest BCUT2D eigenvalue weighted by molar-refractivity contribution is -0.150. The second-order valence-corrected chi connectivity index (χ2v) is 4.92. The number of rotatable bonds is 3. The van der Waals surface area contributed by atoms with Crippen molar-refractivity contribution in [1.29, 1.82) is 0 Å². The van der Waals surface area contributed by atoms with E-state index >= 15 is 0 Å². The van der Waals surface area contributed by atoms with Crippen molar-refractivity contribution < 1.29 is 9.90 Å². The highest BCUT2D eigenvalue weighted by molar-refractivity contribution is 5.76. The van der Waals surface area contributed by atoms with Crippen LogP contribution in [0.4, 0.5) is 0 Å². The lowest BCUT2D eigenvalue weighted by Gasteiger charge is -2.38. The molecular weight excluding hydrogens is 188 g/mol. The van der Waals surface area contributed by atoms with Crippen LogP contribution in [0, 0.1) is 5.41 Å². The predicted molar refractivity (Wildman–Crippen MR) is 60.9 cm³/mol. The monoisotopic (exact) mass is 206 g/mol. The summed E-state index contributed by atoms with van der Waals surface area (Å²) in [4.78, 5) is 11.2. The fourth-order valence-electron chi connectivity index (χ4n) is 1.48. The van der Waals surface area contributed by atoms with Crippen LogP contribution in [0.5, 0.6) is 0 Å². The van der Waals surface area contributed by atoms with E-state index in [2.05, 4.69) is 0 Å². The van der Waals surface area contributed by atoms with Crippen molar-refractivity contribution in [3.8, 4) is 0 Å². The summed E-state index contributed by atoms with van der Waals surface area (Å²) in [6.07, 6.45) is 0. The molecule has 0 amide bonds. The van der Waals surface area contributed by atoms with Crippen LogP contribution in [0.15, 0.2) is 30.3 Å². The minimum absolute atomic E-state index is 0.389. The van der Waals surface area contributed by atoms with Gasteiger partial charge in [-0.1, -0.05) is 44.2 Å². The van der Waals surface area contributed by atoms with Gasteiger partial charge in [-0.25, -0.2) is 0 Å². The number of carbonyl (C=O) groups is 1. The largest absolute Gasteiger partial charge is 0.481 e. The maximum atomic E-state index is 11.2. The summed E-state index contributed by atoms with van der Waals surface area (Å²) < 4.78 is 0. The molecule has 1 rings (SSSR count). The summed E-state index contributed by atoms with van der Waals surface area (Å²) >= 11 is 0. The molecule has 0 atom stereocenters. The van der Waals surface area contributed by atoms with E-state index < -0.39 is 11.4 Å².